The molecule has 170 valence electrons. The topological polar surface area (TPSA) is 108 Å². The number of anilines is 1. The molecule has 0 bridgehead atoms. The Bertz CT molecular complexity index is 1030. The molecule has 2 amide bonds. The van der Waals surface area contributed by atoms with E-state index in [1.807, 2.05) is 20.8 Å². The molecule has 8 heteroatoms. The average molecular weight is 448 g/mol. The van der Waals surface area contributed by atoms with E-state index >= 15 is 0 Å². The summed E-state index contributed by atoms with van der Waals surface area (Å²) in [5.41, 5.74) is 4.86. The Morgan fingerprint density at radius 2 is 1.71 bits per heavy atom. The lowest BCUT2D eigenvalue weighted by molar-refractivity contribution is 0.147. The number of urea groups is 1. The molecule has 3 aliphatic rings. The van der Waals surface area contributed by atoms with E-state index in [2.05, 4.69) is 21.3 Å². The maximum absolute atomic E-state index is 13.0. The molecule has 0 aliphatic heterocycles. The van der Waals surface area contributed by atoms with Gasteiger partial charge in [-0.2, -0.15) is 0 Å². The summed E-state index contributed by atoms with van der Waals surface area (Å²) in [5, 5.41) is 15.8. The molecule has 1 saturated carbocycles. The first-order valence-corrected chi connectivity index (χ1v) is 12.8. The summed E-state index contributed by atoms with van der Waals surface area (Å²) in [6, 6.07) is 1.55. The minimum atomic E-state index is -3.96. The number of nitrogens with one attached hydrogen (secondary N) is 2. The van der Waals surface area contributed by atoms with Crippen molar-refractivity contribution in [2.45, 2.75) is 72.6 Å². The molecule has 1 aromatic carbocycles. The number of aryl methyl sites for hydroxylation is 2. The number of nitrogens with zero attached hydrogens (tertiary/aromatic N) is 1. The van der Waals surface area contributed by atoms with Crippen molar-refractivity contribution in [2.24, 2.45) is 21.9 Å². The van der Waals surface area contributed by atoms with Crippen molar-refractivity contribution in [1.82, 2.24) is 4.72 Å². The van der Waals surface area contributed by atoms with Gasteiger partial charge < -0.3 is 10.5 Å². The van der Waals surface area contributed by atoms with Crippen LogP contribution in [0.2, 0.25) is 0 Å². The number of benzene rings is 1. The Hall–Kier alpha value is -2.09. The number of oxime groups is 1. The summed E-state index contributed by atoms with van der Waals surface area (Å²) in [4.78, 5) is 12.8. The molecule has 3 aliphatic carbocycles. The van der Waals surface area contributed by atoms with Crippen molar-refractivity contribution in [2.75, 3.05) is 11.1 Å². The highest BCUT2D eigenvalue weighted by atomic mass is 32.2. The highest BCUT2D eigenvalue weighted by molar-refractivity contribution is 7.90. The largest absolute Gasteiger partial charge is 0.411 e. The fraction of sp³-hybridized carbons (Fsp3) is 0.652. The van der Waals surface area contributed by atoms with Crippen molar-refractivity contribution in [3.8, 4) is 0 Å². The zero-order valence-electron chi connectivity index (χ0n) is 18.8. The van der Waals surface area contributed by atoms with Gasteiger partial charge in [0, 0.05) is 11.1 Å². The second kappa shape index (κ2) is 7.50. The minimum absolute atomic E-state index is 0.155. The monoisotopic (exact) mass is 447 g/mol. The van der Waals surface area contributed by atoms with E-state index in [9.17, 15) is 18.4 Å². The molecule has 7 nitrogen and oxygen atoms in total. The molecule has 0 aromatic heterocycles. The van der Waals surface area contributed by atoms with Crippen LogP contribution < -0.4 is 10.0 Å². The SMILES string of the molecule is CC1C/C(=N\O)[C@@](C)(CS(=O)(=O)NC(=O)Nc2c3c(cc4c2CCC4)CCC3)C1(C)C. The summed E-state index contributed by atoms with van der Waals surface area (Å²) in [6.45, 7) is 7.81. The van der Waals surface area contributed by atoms with E-state index in [0.717, 1.165) is 55.3 Å². The third-order valence-electron chi connectivity index (χ3n) is 8.35. The van der Waals surface area contributed by atoms with Crippen LogP contribution in [0, 0.1) is 16.7 Å². The number of carbonyl (C=O) groups excluding carboxylic acids is 1. The highest BCUT2D eigenvalue weighted by Crippen LogP contribution is 2.54. The van der Waals surface area contributed by atoms with Gasteiger partial charge in [0.1, 0.15) is 0 Å². The van der Waals surface area contributed by atoms with Gasteiger partial charge in [-0.15, -0.1) is 0 Å². The molecule has 2 atom stereocenters. The van der Waals surface area contributed by atoms with E-state index < -0.39 is 26.9 Å². The standard InChI is InChI=1S/C23H33N3O4S/c1-14-11-19(25-28)23(4,22(14,2)3)13-31(29,30)26-21(27)24-20-17-9-5-7-15(17)12-16-8-6-10-18(16)20/h12,14,28H,5-11,13H2,1-4H3,(H2,24,26,27)/b25-19+/t14?,23-/m1/s1. The van der Waals surface area contributed by atoms with Crippen LogP contribution in [-0.2, 0) is 35.7 Å². The zero-order chi connectivity index (χ0) is 22.6. The smallest absolute Gasteiger partial charge is 0.332 e. The van der Waals surface area contributed by atoms with Gasteiger partial charge in [-0.1, -0.05) is 38.9 Å². The molecule has 0 heterocycles. The van der Waals surface area contributed by atoms with Gasteiger partial charge in [-0.25, -0.2) is 17.9 Å². The number of hydrogen-bond donors (Lipinski definition) is 3. The fourth-order valence-electron chi connectivity index (χ4n) is 5.77. The van der Waals surface area contributed by atoms with Crippen LogP contribution in [0.25, 0.3) is 0 Å². The van der Waals surface area contributed by atoms with Crippen molar-refractivity contribution in [1.29, 1.82) is 0 Å². The summed E-state index contributed by atoms with van der Waals surface area (Å²) >= 11 is 0. The molecule has 0 spiro atoms. The second-order valence-corrected chi connectivity index (χ2v) is 12.0. The highest BCUT2D eigenvalue weighted by Gasteiger charge is 2.56. The summed E-state index contributed by atoms with van der Waals surface area (Å²) in [7, 11) is -3.96. The number of rotatable bonds is 4. The molecule has 0 saturated heterocycles. The van der Waals surface area contributed by atoms with E-state index in [0.29, 0.717) is 12.1 Å². The van der Waals surface area contributed by atoms with Crippen molar-refractivity contribution < 1.29 is 18.4 Å². The predicted molar refractivity (Wildman–Crippen MR) is 121 cm³/mol. The summed E-state index contributed by atoms with van der Waals surface area (Å²) in [5.74, 6) is -0.156. The molecule has 31 heavy (non-hydrogen) atoms. The third-order valence-corrected chi connectivity index (χ3v) is 9.80. The minimum Gasteiger partial charge on any atom is -0.411 e. The molecular weight excluding hydrogens is 414 g/mol. The Labute approximate surface area is 184 Å². The lowest BCUT2D eigenvalue weighted by Crippen LogP contribution is -2.47. The summed E-state index contributed by atoms with van der Waals surface area (Å²) < 4.78 is 28.2. The van der Waals surface area contributed by atoms with Gasteiger partial charge in [0.25, 0.3) is 0 Å². The number of sulfonamides is 1. The third kappa shape index (κ3) is 3.62. The van der Waals surface area contributed by atoms with Gasteiger partial charge in [-0.05, 0) is 78.5 Å². The van der Waals surface area contributed by atoms with Crippen LogP contribution in [0.5, 0.6) is 0 Å². The Balaban J connectivity index is 1.55. The van der Waals surface area contributed by atoms with Gasteiger partial charge in [0.15, 0.2) is 0 Å². The van der Waals surface area contributed by atoms with Crippen molar-refractivity contribution in [3.63, 3.8) is 0 Å². The zero-order valence-corrected chi connectivity index (χ0v) is 19.7. The fourth-order valence-corrected chi connectivity index (χ4v) is 7.47. The average Bonchev–Trinajstić information content (AvgIpc) is 3.36. The molecule has 3 N–H and O–H groups in total. The van der Waals surface area contributed by atoms with Gasteiger partial charge in [0.2, 0.25) is 10.0 Å². The molecule has 1 aromatic rings. The maximum Gasteiger partial charge on any atom is 0.332 e. The van der Waals surface area contributed by atoms with E-state index in [4.69, 9.17) is 0 Å². The lowest BCUT2D eigenvalue weighted by atomic mass is 9.67. The van der Waals surface area contributed by atoms with Crippen LogP contribution >= 0.6 is 0 Å². The molecular formula is C23H33N3O4S. The van der Waals surface area contributed by atoms with Crippen LogP contribution in [0.1, 0.15) is 69.2 Å². The number of amides is 2. The number of carbonyl (C=O) groups is 1. The quantitative estimate of drug-likeness (QED) is 0.478. The van der Waals surface area contributed by atoms with E-state index in [-0.39, 0.29) is 11.7 Å². The molecule has 0 radical (unpaired) electrons. The maximum atomic E-state index is 13.0. The normalized spacial score (nSPS) is 27.9. The van der Waals surface area contributed by atoms with Crippen molar-refractivity contribution >= 4 is 27.5 Å². The summed E-state index contributed by atoms with van der Waals surface area (Å²) in [6.07, 6.45) is 6.47. The molecule has 4 rings (SSSR count). The van der Waals surface area contributed by atoms with Crippen LogP contribution in [-0.4, -0.2) is 31.1 Å². The molecule has 1 unspecified atom stereocenters. The Kier molecular flexibility index (Phi) is 5.35. The lowest BCUT2D eigenvalue weighted by Gasteiger charge is -2.40. The second-order valence-electron chi connectivity index (χ2n) is 10.3. The number of hydrogen-bond acceptors (Lipinski definition) is 5. The Morgan fingerprint density at radius 3 is 2.26 bits per heavy atom. The van der Waals surface area contributed by atoms with Gasteiger partial charge in [-0.3, -0.25) is 0 Å². The van der Waals surface area contributed by atoms with Crippen molar-refractivity contribution in [3.05, 3.63) is 28.3 Å². The first kappa shape index (κ1) is 22.1. The Morgan fingerprint density at radius 1 is 1.13 bits per heavy atom. The van der Waals surface area contributed by atoms with E-state index in [1.165, 1.54) is 11.1 Å². The van der Waals surface area contributed by atoms with Crippen LogP contribution in [0.4, 0.5) is 10.5 Å². The molecule has 1 fully saturated rings. The van der Waals surface area contributed by atoms with Crippen LogP contribution in [0.3, 0.4) is 0 Å². The van der Waals surface area contributed by atoms with Gasteiger partial charge >= 0.3 is 6.03 Å². The predicted octanol–water partition coefficient (Wildman–Crippen LogP) is 4.02. The first-order chi connectivity index (χ1) is 14.5. The van der Waals surface area contributed by atoms with Crippen LogP contribution in [0.15, 0.2) is 11.2 Å². The number of fused-ring (bicyclic) bond motifs is 2. The first-order valence-electron chi connectivity index (χ1n) is 11.2. The van der Waals surface area contributed by atoms with Gasteiger partial charge in [0.05, 0.1) is 11.5 Å². The van der Waals surface area contributed by atoms with E-state index in [1.54, 1.807) is 6.92 Å².